The van der Waals surface area contributed by atoms with E-state index in [0.29, 0.717) is 33.9 Å². The lowest BCUT2D eigenvalue weighted by molar-refractivity contribution is 0.399. The van der Waals surface area contributed by atoms with Crippen LogP contribution in [0.2, 0.25) is 0 Å². The van der Waals surface area contributed by atoms with Gasteiger partial charge in [-0.2, -0.15) is 0 Å². The number of aryl methyl sites for hydroxylation is 1. The molecule has 4 rings (SSSR count). The zero-order valence-electron chi connectivity index (χ0n) is 15.7. The van der Waals surface area contributed by atoms with Gasteiger partial charge in [-0.05, 0) is 24.6 Å². The van der Waals surface area contributed by atoms with E-state index >= 15 is 0 Å². The van der Waals surface area contributed by atoms with Crippen LogP contribution in [0.1, 0.15) is 11.3 Å². The van der Waals surface area contributed by atoms with Gasteiger partial charge in [-0.15, -0.1) is 10.2 Å². The molecule has 148 valence electrons. The third-order valence-electron chi connectivity index (χ3n) is 4.34. The van der Waals surface area contributed by atoms with Gasteiger partial charge in [-0.1, -0.05) is 41.6 Å². The molecule has 0 spiro atoms. The predicted octanol–water partition coefficient (Wildman–Crippen LogP) is 4.10. The zero-order valence-corrected chi connectivity index (χ0v) is 16.5. The summed E-state index contributed by atoms with van der Waals surface area (Å²) in [5, 5.41) is 12.4. The summed E-state index contributed by atoms with van der Waals surface area (Å²) in [6.07, 6.45) is 0. The Kier molecular flexibility index (Phi) is 5.24. The van der Waals surface area contributed by atoms with E-state index in [9.17, 15) is 4.21 Å². The SMILES string of the molecule is COc1cc(CS(=O)O)ccc1-c1nnc(-c2c(-c3ccccc3)noc2C)o1. The molecule has 8 nitrogen and oxygen atoms in total. The summed E-state index contributed by atoms with van der Waals surface area (Å²) in [6.45, 7) is 1.78. The molecule has 1 atom stereocenters. The fourth-order valence-corrected chi connectivity index (χ4v) is 3.46. The second-order valence-corrected chi connectivity index (χ2v) is 7.17. The van der Waals surface area contributed by atoms with Crippen molar-refractivity contribution in [1.29, 1.82) is 0 Å². The Morgan fingerprint density at radius 3 is 2.59 bits per heavy atom. The lowest BCUT2D eigenvalue weighted by Gasteiger charge is -2.07. The maximum Gasteiger partial charge on any atom is 0.254 e. The van der Waals surface area contributed by atoms with Crippen LogP contribution in [0.25, 0.3) is 34.2 Å². The number of methoxy groups -OCH3 is 1. The van der Waals surface area contributed by atoms with Crippen LogP contribution in [0, 0.1) is 6.92 Å². The van der Waals surface area contributed by atoms with Crippen molar-refractivity contribution < 1.29 is 22.4 Å². The van der Waals surface area contributed by atoms with Gasteiger partial charge in [0.1, 0.15) is 22.8 Å². The van der Waals surface area contributed by atoms with Crippen LogP contribution in [0.4, 0.5) is 0 Å². The molecule has 0 aliphatic carbocycles. The van der Waals surface area contributed by atoms with E-state index in [1.807, 2.05) is 30.3 Å². The van der Waals surface area contributed by atoms with E-state index in [1.54, 1.807) is 25.1 Å². The summed E-state index contributed by atoms with van der Waals surface area (Å²) < 4.78 is 36.8. The Hall–Kier alpha value is -3.30. The molecule has 2 aromatic heterocycles. The van der Waals surface area contributed by atoms with Crippen LogP contribution < -0.4 is 4.74 Å². The molecule has 2 heterocycles. The minimum absolute atomic E-state index is 0.00599. The van der Waals surface area contributed by atoms with Gasteiger partial charge in [0, 0.05) is 5.56 Å². The van der Waals surface area contributed by atoms with E-state index in [2.05, 4.69) is 15.4 Å². The molecule has 1 N–H and O–H groups in total. The molecule has 0 aliphatic rings. The summed E-state index contributed by atoms with van der Waals surface area (Å²) >= 11 is -1.94. The first-order chi connectivity index (χ1) is 14.1. The lowest BCUT2D eigenvalue weighted by atomic mass is 10.1. The first kappa shape index (κ1) is 19.0. The summed E-state index contributed by atoms with van der Waals surface area (Å²) in [5.74, 6) is 1.57. The molecule has 0 saturated carbocycles. The highest BCUT2D eigenvalue weighted by atomic mass is 32.2. The van der Waals surface area contributed by atoms with Gasteiger partial charge >= 0.3 is 0 Å². The molecule has 0 fully saturated rings. The summed E-state index contributed by atoms with van der Waals surface area (Å²) in [7, 11) is 1.51. The Labute approximate surface area is 168 Å². The highest BCUT2D eigenvalue weighted by Crippen LogP contribution is 2.36. The second kappa shape index (κ2) is 7.98. The van der Waals surface area contributed by atoms with Crippen molar-refractivity contribution in [3.05, 3.63) is 59.9 Å². The van der Waals surface area contributed by atoms with Gasteiger partial charge in [0.15, 0.2) is 11.1 Å². The molecular weight excluding hydrogens is 394 g/mol. The fraction of sp³-hybridized carbons (Fsp3) is 0.150. The number of nitrogens with zero attached hydrogens (tertiary/aromatic N) is 3. The molecule has 29 heavy (non-hydrogen) atoms. The Balaban J connectivity index is 1.74. The average molecular weight is 411 g/mol. The van der Waals surface area contributed by atoms with Crippen LogP contribution in [0.3, 0.4) is 0 Å². The van der Waals surface area contributed by atoms with Crippen molar-refractivity contribution in [3.63, 3.8) is 0 Å². The Morgan fingerprint density at radius 2 is 1.86 bits per heavy atom. The Morgan fingerprint density at radius 1 is 1.10 bits per heavy atom. The van der Waals surface area contributed by atoms with E-state index in [0.717, 1.165) is 5.56 Å². The van der Waals surface area contributed by atoms with Crippen molar-refractivity contribution in [2.75, 3.05) is 7.11 Å². The maximum absolute atomic E-state index is 11.1. The molecular formula is C20H17N3O5S. The van der Waals surface area contributed by atoms with Crippen LogP contribution in [-0.4, -0.2) is 31.2 Å². The summed E-state index contributed by atoms with van der Waals surface area (Å²) in [6, 6.07) is 14.7. The zero-order chi connectivity index (χ0) is 20.4. The standard InChI is InChI=1S/C20H17N3O5S/c1-12-17(18(23-28-12)14-6-4-3-5-7-14)20-22-21-19(27-20)15-9-8-13(11-29(24)25)10-16(15)26-2/h3-10H,11H2,1-2H3,(H,24,25). The molecule has 0 saturated heterocycles. The maximum atomic E-state index is 11.1. The number of benzene rings is 2. The molecule has 4 aromatic rings. The normalized spacial score (nSPS) is 12.1. The largest absolute Gasteiger partial charge is 0.496 e. The molecule has 0 radical (unpaired) electrons. The van der Waals surface area contributed by atoms with Crippen molar-refractivity contribution in [1.82, 2.24) is 15.4 Å². The lowest BCUT2D eigenvalue weighted by Crippen LogP contribution is -1.95. The van der Waals surface area contributed by atoms with Crippen molar-refractivity contribution in [2.45, 2.75) is 12.7 Å². The van der Waals surface area contributed by atoms with Gasteiger partial charge in [0.2, 0.25) is 0 Å². The monoisotopic (exact) mass is 411 g/mol. The highest BCUT2D eigenvalue weighted by molar-refractivity contribution is 7.78. The third kappa shape index (κ3) is 3.82. The smallest absolute Gasteiger partial charge is 0.254 e. The van der Waals surface area contributed by atoms with Gasteiger partial charge in [0.05, 0.1) is 18.4 Å². The summed E-state index contributed by atoms with van der Waals surface area (Å²) in [4.78, 5) is 0. The third-order valence-corrected chi connectivity index (χ3v) is 4.92. The van der Waals surface area contributed by atoms with Crippen molar-refractivity contribution in [3.8, 4) is 39.9 Å². The highest BCUT2D eigenvalue weighted by Gasteiger charge is 2.23. The molecule has 0 bridgehead atoms. The fourth-order valence-electron chi connectivity index (χ4n) is 2.99. The van der Waals surface area contributed by atoms with Gasteiger partial charge in [0.25, 0.3) is 11.8 Å². The molecule has 9 heteroatoms. The van der Waals surface area contributed by atoms with E-state index in [1.165, 1.54) is 7.11 Å². The molecule has 2 aromatic carbocycles. The minimum Gasteiger partial charge on any atom is -0.496 e. The van der Waals surface area contributed by atoms with Gasteiger partial charge < -0.3 is 18.2 Å². The topological polar surface area (TPSA) is 111 Å². The summed E-state index contributed by atoms with van der Waals surface area (Å²) in [5.41, 5.74) is 3.35. The average Bonchev–Trinajstić information content (AvgIpc) is 3.34. The number of hydrogen-bond acceptors (Lipinski definition) is 7. The first-order valence-electron chi connectivity index (χ1n) is 8.67. The first-order valence-corrected chi connectivity index (χ1v) is 9.94. The number of aromatic nitrogens is 3. The van der Waals surface area contributed by atoms with Crippen LogP contribution >= 0.6 is 0 Å². The van der Waals surface area contributed by atoms with Crippen molar-refractivity contribution >= 4 is 11.1 Å². The van der Waals surface area contributed by atoms with E-state index in [4.69, 9.17) is 18.2 Å². The van der Waals surface area contributed by atoms with Crippen LogP contribution in [-0.2, 0) is 16.8 Å². The quantitative estimate of drug-likeness (QED) is 0.472. The predicted molar refractivity (Wildman–Crippen MR) is 106 cm³/mol. The van der Waals surface area contributed by atoms with Crippen molar-refractivity contribution in [2.24, 2.45) is 0 Å². The molecule has 0 aliphatic heterocycles. The Bertz CT molecular complexity index is 1170. The second-order valence-electron chi connectivity index (χ2n) is 6.24. The van der Waals surface area contributed by atoms with E-state index < -0.39 is 11.1 Å². The minimum atomic E-state index is -1.94. The van der Waals surface area contributed by atoms with Gasteiger partial charge in [-0.25, -0.2) is 4.21 Å². The molecule has 0 amide bonds. The van der Waals surface area contributed by atoms with Crippen LogP contribution in [0.15, 0.2) is 57.5 Å². The number of hydrogen-bond donors (Lipinski definition) is 1. The van der Waals surface area contributed by atoms with E-state index in [-0.39, 0.29) is 17.5 Å². The number of rotatable bonds is 6. The number of ether oxygens (including phenoxy) is 1. The molecule has 1 unspecified atom stereocenters. The van der Waals surface area contributed by atoms with Crippen LogP contribution in [0.5, 0.6) is 5.75 Å². The van der Waals surface area contributed by atoms with Gasteiger partial charge in [-0.3, -0.25) is 0 Å².